The molecule has 0 fully saturated rings. The van der Waals surface area contributed by atoms with Crippen molar-refractivity contribution in [3.8, 4) is 0 Å². The second-order valence-corrected chi connectivity index (χ2v) is 10.9. The third kappa shape index (κ3) is 24.9. The summed E-state index contributed by atoms with van der Waals surface area (Å²) in [7, 11) is 0. The molecule has 0 aliphatic carbocycles. The lowest BCUT2D eigenvalue weighted by Crippen LogP contribution is -2.40. The van der Waals surface area contributed by atoms with Gasteiger partial charge in [-0.05, 0) is 77.2 Å². The number of nitrogens with one attached hydrogen (secondary N) is 1. The van der Waals surface area contributed by atoms with E-state index in [2.05, 4.69) is 31.3 Å². The average Bonchev–Trinajstić information content (AvgIpc) is 2.91. The first-order valence-electron chi connectivity index (χ1n) is 16.0. The third-order valence-corrected chi connectivity index (χ3v) is 7.08. The summed E-state index contributed by atoms with van der Waals surface area (Å²) in [6.07, 6.45) is 25.8. The molecule has 0 aromatic heterocycles. The molecule has 0 radical (unpaired) electrons. The van der Waals surface area contributed by atoms with Gasteiger partial charge in [-0.25, -0.2) is 4.79 Å². The molecule has 0 aliphatic heterocycles. The summed E-state index contributed by atoms with van der Waals surface area (Å²) in [5, 5.41) is 11.8. The predicted octanol–water partition coefficient (Wildman–Crippen LogP) is 7.60. The summed E-state index contributed by atoms with van der Waals surface area (Å²) in [5.41, 5.74) is 5.44. The summed E-state index contributed by atoms with van der Waals surface area (Å²) in [4.78, 5) is 35.7. The summed E-state index contributed by atoms with van der Waals surface area (Å²) >= 11 is 0. The standard InChI is InChI=1S/C32H60N2O5/c1-3-5-7-8-9-10-11-12-13-14-15-16-20-26-31(36)39-28(22-6-4-2)23-18-17-19-25-30(35)34-29(32(37)38)24-21-27-33/h10-11,28-29H,3-9,12-27,33H2,1-2H3,(H,34,35)(H,37,38)/b11-10-. The Morgan fingerprint density at radius 2 is 1.28 bits per heavy atom. The highest BCUT2D eigenvalue weighted by atomic mass is 16.5. The molecule has 0 rings (SSSR count). The maximum atomic E-state index is 12.4. The maximum absolute atomic E-state index is 12.4. The van der Waals surface area contributed by atoms with Crippen LogP contribution in [0.2, 0.25) is 0 Å². The van der Waals surface area contributed by atoms with Crippen LogP contribution in [0.5, 0.6) is 0 Å². The molecule has 2 unspecified atom stereocenters. The molecule has 2 atom stereocenters. The average molecular weight is 553 g/mol. The number of hydrogen-bond acceptors (Lipinski definition) is 5. The minimum Gasteiger partial charge on any atom is -0.480 e. The van der Waals surface area contributed by atoms with Crippen LogP contribution < -0.4 is 11.1 Å². The Hall–Kier alpha value is -1.89. The Bertz CT molecular complexity index is 638. The van der Waals surface area contributed by atoms with E-state index in [1.165, 1.54) is 51.4 Å². The quantitative estimate of drug-likeness (QED) is 0.0522. The van der Waals surface area contributed by atoms with Crippen LogP contribution in [0.15, 0.2) is 12.2 Å². The fourth-order valence-electron chi connectivity index (χ4n) is 4.61. The van der Waals surface area contributed by atoms with Crippen LogP contribution in [-0.2, 0) is 19.1 Å². The normalized spacial score (nSPS) is 12.9. The van der Waals surface area contributed by atoms with Gasteiger partial charge in [0.05, 0.1) is 0 Å². The van der Waals surface area contributed by atoms with E-state index in [1.54, 1.807) is 0 Å². The van der Waals surface area contributed by atoms with Gasteiger partial charge in [-0.3, -0.25) is 9.59 Å². The molecule has 0 saturated heterocycles. The van der Waals surface area contributed by atoms with Crippen molar-refractivity contribution < 1.29 is 24.2 Å². The Morgan fingerprint density at radius 1 is 0.718 bits per heavy atom. The molecule has 0 spiro atoms. The molecule has 1 amide bonds. The highest BCUT2D eigenvalue weighted by Gasteiger charge is 2.19. The van der Waals surface area contributed by atoms with Crippen molar-refractivity contribution in [3.63, 3.8) is 0 Å². The zero-order chi connectivity index (χ0) is 29.0. The van der Waals surface area contributed by atoms with E-state index in [9.17, 15) is 19.5 Å². The maximum Gasteiger partial charge on any atom is 0.326 e. The van der Waals surface area contributed by atoms with Gasteiger partial charge in [0.2, 0.25) is 5.91 Å². The summed E-state index contributed by atoms with van der Waals surface area (Å²) in [5.74, 6) is -1.34. The zero-order valence-electron chi connectivity index (χ0n) is 25.2. The van der Waals surface area contributed by atoms with Gasteiger partial charge in [-0.2, -0.15) is 0 Å². The third-order valence-electron chi connectivity index (χ3n) is 7.08. The molecule has 7 nitrogen and oxygen atoms in total. The van der Waals surface area contributed by atoms with Crippen molar-refractivity contribution in [2.75, 3.05) is 6.54 Å². The second kappa shape index (κ2) is 27.7. The molecular weight excluding hydrogens is 492 g/mol. The Balaban J connectivity index is 3.98. The van der Waals surface area contributed by atoms with Crippen molar-refractivity contribution >= 4 is 17.8 Å². The minimum absolute atomic E-state index is 0.0484. The van der Waals surface area contributed by atoms with E-state index < -0.39 is 12.0 Å². The van der Waals surface area contributed by atoms with E-state index in [4.69, 9.17) is 10.5 Å². The fourth-order valence-corrected chi connectivity index (χ4v) is 4.61. The number of esters is 1. The van der Waals surface area contributed by atoms with Crippen molar-refractivity contribution in [1.29, 1.82) is 0 Å². The molecule has 39 heavy (non-hydrogen) atoms. The van der Waals surface area contributed by atoms with Gasteiger partial charge in [-0.15, -0.1) is 0 Å². The number of ether oxygens (including phenoxy) is 1. The number of amides is 1. The number of rotatable bonds is 28. The van der Waals surface area contributed by atoms with Gasteiger partial charge < -0.3 is 20.9 Å². The van der Waals surface area contributed by atoms with Crippen LogP contribution in [0, 0.1) is 0 Å². The highest BCUT2D eigenvalue weighted by Crippen LogP contribution is 2.16. The summed E-state index contributed by atoms with van der Waals surface area (Å²) in [6, 6.07) is -0.869. The lowest BCUT2D eigenvalue weighted by molar-refractivity contribution is -0.150. The van der Waals surface area contributed by atoms with Gasteiger partial charge in [0.1, 0.15) is 12.1 Å². The van der Waals surface area contributed by atoms with Gasteiger partial charge in [0, 0.05) is 12.8 Å². The van der Waals surface area contributed by atoms with Crippen molar-refractivity contribution in [2.45, 2.75) is 167 Å². The van der Waals surface area contributed by atoms with Crippen LogP contribution in [0.1, 0.15) is 155 Å². The summed E-state index contributed by atoms with van der Waals surface area (Å²) in [6.45, 7) is 4.79. The molecule has 0 heterocycles. The number of carboxylic acid groups (broad SMARTS) is 1. The first-order chi connectivity index (χ1) is 18.9. The molecule has 7 heteroatoms. The van der Waals surface area contributed by atoms with Crippen molar-refractivity contribution in [2.24, 2.45) is 5.73 Å². The van der Waals surface area contributed by atoms with Gasteiger partial charge >= 0.3 is 11.9 Å². The van der Waals surface area contributed by atoms with Gasteiger partial charge in [-0.1, -0.05) is 83.8 Å². The monoisotopic (exact) mass is 552 g/mol. The number of aliphatic carboxylic acids is 1. The van der Waals surface area contributed by atoms with E-state index >= 15 is 0 Å². The number of nitrogens with two attached hydrogens (primary N) is 1. The lowest BCUT2D eigenvalue weighted by atomic mass is 10.0. The molecule has 4 N–H and O–H groups in total. The van der Waals surface area contributed by atoms with E-state index in [0.717, 1.165) is 57.8 Å². The SMILES string of the molecule is CCCCCC/C=C\CCCCCCCC(=O)OC(CCCC)CCCCCC(=O)NC(CCCN)C(=O)O. The van der Waals surface area contributed by atoms with Gasteiger partial charge in [0.25, 0.3) is 0 Å². The highest BCUT2D eigenvalue weighted by molar-refractivity contribution is 5.83. The Kier molecular flexibility index (Phi) is 26.3. The van der Waals surface area contributed by atoms with Crippen molar-refractivity contribution in [3.05, 3.63) is 12.2 Å². The fraction of sp³-hybridized carbons (Fsp3) is 0.844. The largest absolute Gasteiger partial charge is 0.480 e. The van der Waals surface area contributed by atoms with Crippen LogP contribution in [0.25, 0.3) is 0 Å². The number of hydrogen-bond donors (Lipinski definition) is 3. The minimum atomic E-state index is -1.02. The molecular formula is C32H60N2O5. The van der Waals surface area contributed by atoms with Crippen molar-refractivity contribution in [1.82, 2.24) is 5.32 Å². The Labute approximate surface area is 239 Å². The van der Waals surface area contributed by atoms with Crippen LogP contribution in [0.3, 0.4) is 0 Å². The second-order valence-electron chi connectivity index (χ2n) is 10.9. The summed E-state index contributed by atoms with van der Waals surface area (Å²) < 4.78 is 5.80. The lowest BCUT2D eigenvalue weighted by Gasteiger charge is -2.18. The topological polar surface area (TPSA) is 119 Å². The number of allylic oxidation sites excluding steroid dienone is 2. The first-order valence-corrected chi connectivity index (χ1v) is 16.0. The molecule has 0 aromatic rings. The molecule has 0 aromatic carbocycles. The van der Waals surface area contributed by atoms with E-state index in [-0.39, 0.29) is 18.0 Å². The van der Waals surface area contributed by atoms with Crippen LogP contribution >= 0.6 is 0 Å². The molecule has 228 valence electrons. The van der Waals surface area contributed by atoms with Gasteiger partial charge in [0.15, 0.2) is 0 Å². The number of carboxylic acids is 1. The number of unbranched alkanes of at least 4 members (excludes halogenated alkanes) is 12. The van der Waals surface area contributed by atoms with E-state index in [1.807, 2.05) is 0 Å². The molecule has 0 aliphatic rings. The molecule has 0 bridgehead atoms. The Morgan fingerprint density at radius 3 is 1.92 bits per heavy atom. The van der Waals surface area contributed by atoms with Crippen LogP contribution in [-0.4, -0.2) is 41.6 Å². The number of carbonyl (C=O) groups excluding carboxylic acids is 2. The first kappa shape index (κ1) is 37.1. The number of carbonyl (C=O) groups is 3. The van der Waals surface area contributed by atoms with Crippen LogP contribution in [0.4, 0.5) is 0 Å². The van der Waals surface area contributed by atoms with E-state index in [0.29, 0.717) is 38.6 Å². The molecule has 0 saturated carbocycles. The smallest absolute Gasteiger partial charge is 0.326 e. The zero-order valence-corrected chi connectivity index (χ0v) is 25.2. The predicted molar refractivity (Wildman–Crippen MR) is 161 cm³/mol.